The number of anilines is 1. The first-order valence-electron chi connectivity index (χ1n) is 7.81. The van der Waals surface area contributed by atoms with Crippen molar-refractivity contribution >= 4 is 34.4 Å². The molecule has 4 nitrogen and oxygen atoms in total. The zero-order valence-corrected chi connectivity index (χ0v) is 15.7. The highest BCUT2D eigenvalue weighted by Gasteiger charge is 2.27. The summed E-state index contributed by atoms with van der Waals surface area (Å²) in [7, 11) is 0. The molecule has 1 N–H and O–H groups in total. The Kier molecular flexibility index (Phi) is 5.94. The molecule has 1 fully saturated rings. The summed E-state index contributed by atoms with van der Waals surface area (Å²) < 4.78 is 6.69. The van der Waals surface area contributed by atoms with Crippen LogP contribution in [0, 0.1) is 9.49 Å². The van der Waals surface area contributed by atoms with Crippen molar-refractivity contribution in [1.29, 1.82) is 0 Å². The van der Waals surface area contributed by atoms with E-state index in [0.717, 1.165) is 38.2 Å². The smallest absolute Gasteiger partial charge is 0.410 e. The second-order valence-electron chi connectivity index (χ2n) is 6.83. The van der Waals surface area contributed by atoms with Crippen LogP contribution in [0.5, 0.6) is 0 Å². The minimum atomic E-state index is -0.428. The van der Waals surface area contributed by atoms with E-state index in [0.29, 0.717) is 5.92 Å². The first-order chi connectivity index (χ1) is 10.3. The minimum Gasteiger partial charge on any atom is -0.444 e. The largest absolute Gasteiger partial charge is 0.444 e. The van der Waals surface area contributed by atoms with Gasteiger partial charge in [-0.1, -0.05) is 6.07 Å². The zero-order chi connectivity index (χ0) is 16.2. The fraction of sp³-hybridized carbons (Fsp3) is 0.588. The van der Waals surface area contributed by atoms with Crippen molar-refractivity contribution in [3.8, 4) is 0 Å². The number of carbonyl (C=O) groups is 1. The van der Waals surface area contributed by atoms with Crippen LogP contribution in [0.1, 0.15) is 33.6 Å². The van der Waals surface area contributed by atoms with Gasteiger partial charge in [0, 0.05) is 28.9 Å². The molecule has 0 aliphatic carbocycles. The minimum absolute atomic E-state index is 0.188. The molecule has 1 aromatic rings. The summed E-state index contributed by atoms with van der Waals surface area (Å²) in [5.74, 6) is 0.471. The van der Waals surface area contributed by atoms with Gasteiger partial charge in [-0.25, -0.2) is 4.79 Å². The Hall–Kier alpha value is -0.980. The number of carbonyl (C=O) groups excluding carboxylic acids is 1. The van der Waals surface area contributed by atoms with Gasteiger partial charge < -0.3 is 15.0 Å². The first kappa shape index (κ1) is 17.4. The maximum absolute atomic E-state index is 12.2. The first-order valence-corrected chi connectivity index (χ1v) is 8.89. The summed E-state index contributed by atoms with van der Waals surface area (Å²) >= 11 is 2.31. The normalized spacial score (nSPS) is 18.9. The predicted molar refractivity (Wildman–Crippen MR) is 98.2 cm³/mol. The summed E-state index contributed by atoms with van der Waals surface area (Å²) in [4.78, 5) is 14.0. The van der Waals surface area contributed by atoms with Gasteiger partial charge in [0.2, 0.25) is 0 Å². The number of benzene rings is 1. The van der Waals surface area contributed by atoms with E-state index in [1.807, 2.05) is 25.7 Å². The zero-order valence-electron chi connectivity index (χ0n) is 13.6. The number of ether oxygens (including phenoxy) is 1. The van der Waals surface area contributed by atoms with Gasteiger partial charge in [0.15, 0.2) is 0 Å². The third-order valence-electron chi connectivity index (χ3n) is 3.59. The fourth-order valence-electron chi connectivity index (χ4n) is 2.58. The third kappa shape index (κ3) is 5.66. The molecule has 1 aliphatic rings. The van der Waals surface area contributed by atoms with Gasteiger partial charge in [-0.05, 0) is 80.3 Å². The maximum atomic E-state index is 12.2. The van der Waals surface area contributed by atoms with Crippen LogP contribution in [0.15, 0.2) is 24.3 Å². The molecule has 0 bridgehead atoms. The van der Waals surface area contributed by atoms with E-state index in [9.17, 15) is 4.79 Å². The number of hydrogen-bond donors (Lipinski definition) is 1. The average Bonchev–Trinajstić information content (AvgIpc) is 2.44. The molecule has 0 spiro atoms. The van der Waals surface area contributed by atoms with E-state index in [-0.39, 0.29) is 6.09 Å². The average molecular weight is 416 g/mol. The number of nitrogens with one attached hydrogen (secondary N) is 1. The van der Waals surface area contributed by atoms with E-state index in [1.165, 1.54) is 3.57 Å². The number of likely N-dealkylation sites (tertiary alicyclic amines) is 1. The lowest BCUT2D eigenvalue weighted by molar-refractivity contribution is 0.0172. The van der Waals surface area contributed by atoms with Crippen molar-refractivity contribution in [3.63, 3.8) is 0 Å². The Balaban J connectivity index is 1.84. The summed E-state index contributed by atoms with van der Waals surface area (Å²) in [6, 6.07) is 8.35. The van der Waals surface area contributed by atoms with Gasteiger partial charge in [0.05, 0.1) is 0 Å². The fourth-order valence-corrected chi connectivity index (χ4v) is 3.13. The van der Waals surface area contributed by atoms with Crippen LogP contribution in [0.2, 0.25) is 0 Å². The van der Waals surface area contributed by atoms with E-state index >= 15 is 0 Å². The molecule has 22 heavy (non-hydrogen) atoms. The topological polar surface area (TPSA) is 41.6 Å². The summed E-state index contributed by atoms with van der Waals surface area (Å²) in [6.45, 7) is 8.18. The van der Waals surface area contributed by atoms with Crippen LogP contribution in [-0.2, 0) is 4.74 Å². The van der Waals surface area contributed by atoms with Crippen LogP contribution in [0.25, 0.3) is 0 Å². The molecule has 1 atom stereocenters. The summed E-state index contributed by atoms with van der Waals surface area (Å²) in [6.07, 6.45) is 2.00. The van der Waals surface area contributed by atoms with Gasteiger partial charge >= 0.3 is 6.09 Å². The molecule has 1 aliphatic heterocycles. The molecule has 0 saturated carbocycles. The number of piperidine rings is 1. The summed E-state index contributed by atoms with van der Waals surface area (Å²) in [5, 5.41) is 3.48. The van der Waals surface area contributed by atoms with Crippen LogP contribution >= 0.6 is 22.6 Å². The van der Waals surface area contributed by atoms with Crippen molar-refractivity contribution in [2.75, 3.05) is 25.0 Å². The second kappa shape index (κ2) is 7.53. The quantitative estimate of drug-likeness (QED) is 0.745. The van der Waals surface area contributed by atoms with E-state index in [2.05, 4.69) is 52.2 Å². The Morgan fingerprint density at radius 2 is 2.23 bits per heavy atom. The number of nitrogens with zero attached hydrogens (tertiary/aromatic N) is 1. The number of hydrogen-bond acceptors (Lipinski definition) is 3. The van der Waals surface area contributed by atoms with Crippen molar-refractivity contribution < 1.29 is 9.53 Å². The van der Waals surface area contributed by atoms with Crippen molar-refractivity contribution in [2.24, 2.45) is 5.92 Å². The number of amides is 1. The van der Waals surface area contributed by atoms with Gasteiger partial charge in [0.1, 0.15) is 5.60 Å². The Bertz CT molecular complexity index is 514. The number of rotatable bonds is 3. The Morgan fingerprint density at radius 3 is 2.91 bits per heavy atom. The van der Waals surface area contributed by atoms with Crippen molar-refractivity contribution in [1.82, 2.24) is 4.90 Å². The molecule has 2 rings (SSSR count). The highest BCUT2D eigenvalue weighted by atomic mass is 127. The van der Waals surface area contributed by atoms with E-state index in [1.54, 1.807) is 0 Å². The Labute approximate surface area is 146 Å². The molecular formula is C17H25IN2O2. The Morgan fingerprint density at radius 1 is 1.45 bits per heavy atom. The highest BCUT2D eigenvalue weighted by molar-refractivity contribution is 14.1. The van der Waals surface area contributed by atoms with Crippen LogP contribution in [0.4, 0.5) is 10.5 Å². The van der Waals surface area contributed by atoms with Crippen LogP contribution < -0.4 is 5.32 Å². The van der Waals surface area contributed by atoms with Gasteiger partial charge in [-0.15, -0.1) is 0 Å². The highest BCUT2D eigenvalue weighted by Crippen LogP contribution is 2.20. The van der Waals surface area contributed by atoms with Gasteiger partial charge in [-0.2, -0.15) is 0 Å². The summed E-state index contributed by atoms with van der Waals surface area (Å²) in [5.41, 5.74) is 0.713. The van der Waals surface area contributed by atoms with Crippen molar-refractivity contribution in [3.05, 3.63) is 27.8 Å². The molecule has 1 saturated heterocycles. The lowest BCUT2D eigenvalue weighted by Gasteiger charge is -2.34. The molecule has 1 aromatic carbocycles. The third-order valence-corrected chi connectivity index (χ3v) is 4.26. The lowest BCUT2D eigenvalue weighted by atomic mass is 9.98. The molecule has 122 valence electrons. The molecule has 0 radical (unpaired) electrons. The van der Waals surface area contributed by atoms with E-state index in [4.69, 9.17) is 4.74 Å². The SMILES string of the molecule is CC(C)(C)OC(=O)N1CCCC(CNc2cccc(I)c2)C1. The molecular weight excluding hydrogens is 391 g/mol. The molecule has 1 heterocycles. The maximum Gasteiger partial charge on any atom is 0.410 e. The monoisotopic (exact) mass is 416 g/mol. The standard InChI is InChI=1S/C17H25IN2O2/c1-17(2,3)22-16(21)20-9-5-6-13(12-20)11-19-15-8-4-7-14(18)10-15/h4,7-8,10,13,19H,5-6,9,11-12H2,1-3H3. The second-order valence-corrected chi connectivity index (χ2v) is 8.07. The van der Waals surface area contributed by atoms with E-state index < -0.39 is 5.60 Å². The molecule has 0 aromatic heterocycles. The number of halogens is 1. The van der Waals surface area contributed by atoms with Gasteiger partial charge in [-0.3, -0.25) is 0 Å². The molecule has 1 amide bonds. The lowest BCUT2D eigenvalue weighted by Crippen LogP contribution is -2.44. The predicted octanol–water partition coefficient (Wildman–Crippen LogP) is 4.35. The van der Waals surface area contributed by atoms with Crippen LogP contribution in [-0.4, -0.2) is 36.2 Å². The molecule has 1 unspecified atom stereocenters. The molecule has 5 heteroatoms. The van der Waals surface area contributed by atoms with Crippen LogP contribution in [0.3, 0.4) is 0 Å². The van der Waals surface area contributed by atoms with Crippen molar-refractivity contribution in [2.45, 2.75) is 39.2 Å². The van der Waals surface area contributed by atoms with Gasteiger partial charge in [0.25, 0.3) is 0 Å².